The Balaban J connectivity index is 2.49. The molecule has 12 nitrogen and oxygen atoms in total. The van der Waals surface area contributed by atoms with E-state index in [0.29, 0.717) is 5.69 Å². The topological polar surface area (TPSA) is 148 Å². The molecule has 12 heteroatoms. The van der Waals surface area contributed by atoms with Gasteiger partial charge >= 0.3 is 17.9 Å². The van der Waals surface area contributed by atoms with E-state index in [1.54, 1.807) is 13.1 Å². The molecule has 1 fully saturated rings. The predicted molar refractivity (Wildman–Crippen MR) is 94.0 cm³/mol. The quantitative estimate of drug-likeness (QED) is 0.475. The number of ether oxygens (including phenoxy) is 4. The summed E-state index contributed by atoms with van der Waals surface area (Å²) in [6.07, 6.45) is -2.68. The fraction of sp³-hybridized carbons (Fsp3) is 0.647. The van der Waals surface area contributed by atoms with Crippen LogP contribution in [-0.4, -0.2) is 69.8 Å². The number of nitrogens with zero attached hydrogens (tertiary/aromatic N) is 3. The van der Waals surface area contributed by atoms with Crippen LogP contribution in [-0.2, 0) is 38.1 Å². The summed E-state index contributed by atoms with van der Waals surface area (Å²) in [4.78, 5) is 46.5. The SMILES string of the molecule is CC(=O)N[C@H]1C(n2cc(C)nn2)O[C@H](COC(C)=O)[C@@H](OC(C)=O)[C@@H]1OC(C)=O. The van der Waals surface area contributed by atoms with Crippen molar-refractivity contribution in [1.29, 1.82) is 0 Å². The standard InChI is InChI=1S/C17H24N4O8/c1-8-6-21(20-19-8)17-14(18-9(2)22)16(28-12(5)25)15(27-11(4)24)13(29-17)7-26-10(3)23/h6,13-17H,7H2,1-5H3,(H,18,22)/t13-,14-,15-,16-,17?/m1/s1. The van der Waals surface area contributed by atoms with Gasteiger partial charge in [-0.2, -0.15) is 0 Å². The van der Waals surface area contributed by atoms with E-state index in [2.05, 4.69) is 15.6 Å². The number of hydrogen-bond donors (Lipinski definition) is 1. The Kier molecular flexibility index (Phi) is 7.26. The molecular formula is C17H24N4O8. The third-order valence-corrected chi connectivity index (χ3v) is 3.98. The molecular weight excluding hydrogens is 388 g/mol. The summed E-state index contributed by atoms with van der Waals surface area (Å²) in [5.74, 6) is -2.33. The normalized spacial score (nSPS) is 26.3. The summed E-state index contributed by atoms with van der Waals surface area (Å²) < 4.78 is 23.1. The molecule has 0 aliphatic carbocycles. The van der Waals surface area contributed by atoms with E-state index in [9.17, 15) is 19.2 Å². The number of nitrogens with one attached hydrogen (secondary N) is 1. The van der Waals surface area contributed by atoms with Crippen molar-refractivity contribution in [2.45, 2.75) is 65.2 Å². The van der Waals surface area contributed by atoms with Crippen LogP contribution >= 0.6 is 0 Å². The molecule has 160 valence electrons. The Morgan fingerprint density at radius 2 is 1.69 bits per heavy atom. The Morgan fingerprint density at radius 1 is 1.07 bits per heavy atom. The summed E-state index contributed by atoms with van der Waals surface area (Å²) in [5.41, 5.74) is 0.581. The van der Waals surface area contributed by atoms with Gasteiger partial charge in [-0.05, 0) is 6.92 Å². The zero-order valence-corrected chi connectivity index (χ0v) is 16.8. The molecule has 2 heterocycles. The third kappa shape index (κ3) is 5.98. The molecule has 1 aromatic rings. The molecule has 1 unspecified atom stereocenters. The van der Waals surface area contributed by atoms with Gasteiger partial charge in [-0.25, -0.2) is 4.68 Å². The van der Waals surface area contributed by atoms with Crippen molar-refractivity contribution in [2.24, 2.45) is 0 Å². The van der Waals surface area contributed by atoms with E-state index in [0.717, 1.165) is 0 Å². The maximum atomic E-state index is 11.8. The number of carbonyl (C=O) groups is 4. The van der Waals surface area contributed by atoms with Crippen LogP contribution in [0.15, 0.2) is 6.20 Å². The zero-order chi connectivity index (χ0) is 21.7. The van der Waals surface area contributed by atoms with Gasteiger partial charge in [0.15, 0.2) is 18.4 Å². The van der Waals surface area contributed by atoms with Crippen LogP contribution < -0.4 is 5.32 Å². The molecule has 2 rings (SSSR count). The van der Waals surface area contributed by atoms with Crippen molar-refractivity contribution < 1.29 is 38.1 Å². The average molecular weight is 412 g/mol. The van der Waals surface area contributed by atoms with Crippen LogP contribution in [0.3, 0.4) is 0 Å². The molecule has 0 aromatic carbocycles. The highest BCUT2D eigenvalue weighted by atomic mass is 16.6. The highest BCUT2D eigenvalue weighted by molar-refractivity contribution is 5.73. The number of amides is 1. The molecule has 1 aliphatic heterocycles. The monoisotopic (exact) mass is 412 g/mol. The lowest BCUT2D eigenvalue weighted by atomic mass is 9.95. The van der Waals surface area contributed by atoms with E-state index in [1.807, 2.05) is 0 Å². The van der Waals surface area contributed by atoms with Crippen LogP contribution in [0, 0.1) is 6.92 Å². The summed E-state index contributed by atoms with van der Waals surface area (Å²) in [6, 6.07) is -0.963. The second-order valence-electron chi connectivity index (χ2n) is 6.58. The predicted octanol–water partition coefficient (Wildman–Crippen LogP) is -0.585. The van der Waals surface area contributed by atoms with Crippen molar-refractivity contribution in [3.8, 4) is 0 Å². The van der Waals surface area contributed by atoms with Crippen LogP contribution in [0.1, 0.15) is 39.6 Å². The van der Waals surface area contributed by atoms with Crippen molar-refractivity contribution in [3.63, 3.8) is 0 Å². The molecule has 0 saturated carbocycles. The first kappa shape index (κ1) is 22.3. The van der Waals surface area contributed by atoms with E-state index in [4.69, 9.17) is 18.9 Å². The van der Waals surface area contributed by atoms with Crippen LogP contribution in [0.25, 0.3) is 0 Å². The number of aromatic nitrogens is 3. The molecule has 29 heavy (non-hydrogen) atoms. The largest absolute Gasteiger partial charge is 0.463 e. The first-order valence-electron chi connectivity index (χ1n) is 8.87. The molecule has 1 N–H and O–H groups in total. The van der Waals surface area contributed by atoms with Gasteiger partial charge in [0.2, 0.25) is 5.91 Å². The summed E-state index contributed by atoms with van der Waals surface area (Å²) in [6.45, 7) is 6.28. The first-order valence-corrected chi connectivity index (χ1v) is 8.87. The third-order valence-electron chi connectivity index (χ3n) is 3.98. The molecule has 1 aromatic heterocycles. The van der Waals surface area contributed by atoms with Gasteiger partial charge in [0.25, 0.3) is 0 Å². The minimum absolute atomic E-state index is 0.276. The lowest BCUT2D eigenvalue weighted by Gasteiger charge is -2.45. The first-order chi connectivity index (χ1) is 13.6. The van der Waals surface area contributed by atoms with Crippen LogP contribution in [0.5, 0.6) is 0 Å². The Labute approximate surface area is 166 Å². The van der Waals surface area contributed by atoms with Gasteiger partial charge in [0.1, 0.15) is 18.8 Å². The lowest BCUT2D eigenvalue weighted by molar-refractivity contribution is -0.239. The number of carbonyl (C=O) groups excluding carboxylic acids is 4. The highest BCUT2D eigenvalue weighted by Gasteiger charge is 2.51. The molecule has 0 bridgehead atoms. The summed E-state index contributed by atoms with van der Waals surface area (Å²) in [5, 5.41) is 10.5. The van der Waals surface area contributed by atoms with Crippen molar-refractivity contribution in [2.75, 3.05) is 6.61 Å². The van der Waals surface area contributed by atoms with E-state index in [1.165, 1.54) is 32.4 Å². The minimum atomic E-state index is -1.14. The van der Waals surface area contributed by atoms with Gasteiger partial charge in [0, 0.05) is 27.7 Å². The van der Waals surface area contributed by atoms with Crippen molar-refractivity contribution in [3.05, 3.63) is 11.9 Å². The van der Waals surface area contributed by atoms with E-state index < -0.39 is 54.4 Å². The average Bonchev–Trinajstić information content (AvgIpc) is 3.01. The second kappa shape index (κ2) is 9.45. The van der Waals surface area contributed by atoms with E-state index in [-0.39, 0.29) is 6.61 Å². The van der Waals surface area contributed by atoms with Crippen LogP contribution in [0.4, 0.5) is 0 Å². The van der Waals surface area contributed by atoms with Gasteiger partial charge < -0.3 is 24.3 Å². The summed E-state index contributed by atoms with van der Waals surface area (Å²) in [7, 11) is 0. The maximum absolute atomic E-state index is 11.8. The Bertz CT molecular complexity index is 779. The van der Waals surface area contributed by atoms with Crippen LogP contribution in [0.2, 0.25) is 0 Å². The number of aryl methyl sites for hydroxylation is 1. The van der Waals surface area contributed by atoms with Gasteiger partial charge in [-0.3, -0.25) is 19.2 Å². The minimum Gasteiger partial charge on any atom is -0.463 e. The highest BCUT2D eigenvalue weighted by Crippen LogP contribution is 2.32. The van der Waals surface area contributed by atoms with Crippen molar-refractivity contribution in [1.82, 2.24) is 20.3 Å². The summed E-state index contributed by atoms with van der Waals surface area (Å²) >= 11 is 0. The lowest BCUT2D eigenvalue weighted by Crippen LogP contribution is -2.64. The Hall–Kier alpha value is -3.02. The molecule has 5 atom stereocenters. The van der Waals surface area contributed by atoms with E-state index >= 15 is 0 Å². The number of rotatable bonds is 6. The second-order valence-corrected chi connectivity index (χ2v) is 6.58. The maximum Gasteiger partial charge on any atom is 0.303 e. The molecule has 1 amide bonds. The smallest absolute Gasteiger partial charge is 0.303 e. The van der Waals surface area contributed by atoms with Gasteiger partial charge in [-0.15, -0.1) is 5.10 Å². The fourth-order valence-corrected chi connectivity index (χ4v) is 3.02. The molecule has 0 radical (unpaired) electrons. The fourth-order valence-electron chi connectivity index (χ4n) is 3.02. The Morgan fingerprint density at radius 3 is 2.17 bits per heavy atom. The molecule has 1 saturated heterocycles. The van der Waals surface area contributed by atoms with Gasteiger partial charge in [-0.1, -0.05) is 5.21 Å². The molecule has 0 spiro atoms. The van der Waals surface area contributed by atoms with Gasteiger partial charge in [0.05, 0.1) is 11.9 Å². The molecule has 1 aliphatic rings. The zero-order valence-electron chi connectivity index (χ0n) is 16.8. The number of esters is 3. The number of hydrogen-bond acceptors (Lipinski definition) is 10. The van der Waals surface area contributed by atoms with Crippen molar-refractivity contribution >= 4 is 23.8 Å².